The topological polar surface area (TPSA) is 26.0 Å². The van der Waals surface area contributed by atoms with Gasteiger partial charge in [-0.3, -0.25) is 0 Å². The van der Waals surface area contributed by atoms with Crippen molar-refractivity contribution >= 4 is 11.8 Å². The lowest BCUT2D eigenvalue weighted by Crippen LogP contribution is -2.06. The van der Waals surface area contributed by atoms with Gasteiger partial charge in [0.15, 0.2) is 0 Å². The summed E-state index contributed by atoms with van der Waals surface area (Å²) in [6, 6.07) is 15.2. The van der Waals surface area contributed by atoms with Gasteiger partial charge in [-0.1, -0.05) is 47.5 Å². The zero-order valence-corrected chi connectivity index (χ0v) is 12.6. The van der Waals surface area contributed by atoms with E-state index in [9.17, 15) is 0 Å². The predicted octanol–water partition coefficient (Wildman–Crippen LogP) is 4.62. The highest BCUT2D eigenvalue weighted by atomic mass is 32.2. The van der Waals surface area contributed by atoms with Crippen LogP contribution in [0.2, 0.25) is 0 Å². The van der Waals surface area contributed by atoms with Gasteiger partial charge in [-0.2, -0.15) is 0 Å². The molecule has 2 rings (SSSR count). The van der Waals surface area contributed by atoms with Gasteiger partial charge in [0.1, 0.15) is 0 Å². The first-order chi connectivity index (χ1) is 9.06. The van der Waals surface area contributed by atoms with Gasteiger partial charge >= 0.3 is 0 Å². The molecule has 100 valence electrons. The van der Waals surface area contributed by atoms with Gasteiger partial charge in [0.2, 0.25) is 0 Å². The average Bonchev–Trinajstić information content (AvgIpc) is 2.35. The number of benzene rings is 2. The highest BCUT2D eigenvalue weighted by molar-refractivity contribution is 7.98. The maximum atomic E-state index is 6.02. The summed E-state index contributed by atoms with van der Waals surface area (Å²) < 4.78 is 0. The van der Waals surface area contributed by atoms with Gasteiger partial charge in [0.25, 0.3) is 0 Å². The second-order valence-electron chi connectivity index (χ2n) is 5.11. The van der Waals surface area contributed by atoms with Crippen LogP contribution in [0, 0.1) is 13.8 Å². The van der Waals surface area contributed by atoms with E-state index < -0.39 is 0 Å². The van der Waals surface area contributed by atoms with Crippen LogP contribution in [0.4, 0.5) is 0 Å². The molecular weight excluding hydrogens is 250 g/mol. The Balaban J connectivity index is 2.14. The van der Waals surface area contributed by atoms with Crippen molar-refractivity contribution in [2.45, 2.75) is 37.5 Å². The number of nitrogens with two attached hydrogens (primary N) is 1. The Morgan fingerprint density at radius 2 is 1.68 bits per heavy atom. The first kappa shape index (κ1) is 14.2. The molecule has 0 fully saturated rings. The molecule has 1 unspecified atom stereocenters. The predicted molar refractivity (Wildman–Crippen MR) is 84.5 cm³/mol. The molecule has 19 heavy (non-hydrogen) atoms. The van der Waals surface area contributed by atoms with E-state index in [1.165, 1.54) is 27.1 Å². The van der Waals surface area contributed by atoms with Gasteiger partial charge < -0.3 is 5.73 Å². The molecule has 0 aliphatic heterocycles. The summed E-state index contributed by atoms with van der Waals surface area (Å²) in [5, 5.41) is 0. The zero-order valence-electron chi connectivity index (χ0n) is 11.8. The summed E-state index contributed by atoms with van der Waals surface area (Å²) in [4.78, 5) is 1.29. The van der Waals surface area contributed by atoms with E-state index in [0.717, 1.165) is 5.75 Å². The lowest BCUT2D eigenvalue weighted by Gasteiger charge is -2.12. The molecule has 2 N–H and O–H groups in total. The Hall–Kier alpha value is -1.25. The van der Waals surface area contributed by atoms with Crippen molar-refractivity contribution in [3.63, 3.8) is 0 Å². The molecule has 2 aromatic carbocycles. The SMILES string of the molecule is Cc1cc(C)cc(CSc2ccccc2C(C)N)c1. The quantitative estimate of drug-likeness (QED) is 0.821. The largest absolute Gasteiger partial charge is 0.324 e. The normalized spacial score (nSPS) is 12.4. The Labute approximate surface area is 120 Å². The minimum atomic E-state index is 0.0861. The molecule has 2 heteroatoms. The molecule has 2 aromatic rings. The first-order valence-corrected chi connectivity index (χ1v) is 7.59. The number of hydrogen-bond acceptors (Lipinski definition) is 2. The molecule has 0 radical (unpaired) electrons. The van der Waals surface area contributed by atoms with Gasteiger partial charge in [-0.15, -0.1) is 11.8 Å². The van der Waals surface area contributed by atoms with Crippen molar-refractivity contribution in [1.29, 1.82) is 0 Å². The maximum Gasteiger partial charge on any atom is 0.0277 e. The number of rotatable bonds is 4. The van der Waals surface area contributed by atoms with Gasteiger partial charge in [-0.25, -0.2) is 0 Å². The summed E-state index contributed by atoms with van der Waals surface area (Å²) in [5.74, 6) is 0.992. The van der Waals surface area contributed by atoms with Crippen LogP contribution >= 0.6 is 11.8 Å². The zero-order chi connectivity index (χ0) is 13.8. The first-order valence-electron chi connectivity index (χ1n) is 6.61. The van der Waals surface area contributed by atoms with E-state index in [0.29, 0.717) is 0 Å². The van der Waals surface area contributed by atoms with Crippen LogP contribution in [-0.2, 0) is 5.75 Å². The second-order valence-corrected chi connectivity index (χ2v) is 6.13. The van der Waals surface area contributed by atoms with E-state index >= 15 is 0 Å². The highest BCUT2D eigenvalue weighted by Gasteiger charge is 2.07. The molecule has 0 aliphatic carbocycles. The lowest BCUT2D eigenvalue weighted by molar-refractivity contribution is 0.797. The molecule has 0 aliphatic rings. The molecule has 0 saturated heterocycles. The molecule has 0 spiro atoms. The average molecular weight is 271 g/mol. The van der Waals surface area contributed by atoms with Crippen molar-refractivity contribution in [2.75, 3.05) is 0 Å². The fourth-order valence-electron chi connectivity index (χ4n) is 2.30. The number of hydrogen-bond donors (Lipinski definition) is 1. The van der Waals surface area contributed by atoms with E-state index in [2.05, 4.69) is 56.3 Å². The summed E-state index contributed by atoms with van der Waals surface area (Å²) in [5.41, 5.74) is 11.3. The molecule has 0 saturated carbocycles. The van der Waals surface area contributed by atoms with Crippen molar-refractivity contribution < 1.29 is 0 Å². The number of thioether (sulfide) groups is 1. The van der Waals surface area contributed by atoms with E-state index in [4.69, 9.17) is 5.73 Å². The molecule has 0 amide bonds. The van der Waals surface area contributed by atoms with Crippen molar-refractivity contribution in [2.24, 2.45) is 5.73 Å². The van der Waals surface area contributed by atoms with E-state index in [-0.39, 0.29) is 6.04 Å². The van der Waals surface area contributed by atoms with Gasteiger partial charge in [0, 0.05) is 16.7 Å². The monoisotopic (exact) mass is 271 g/mol. The lowest BCUT2D eigenvalue weighted by atomic mass is 10.1. The minimum absolute atomic E-state index is 0.0861. The Kier molecular flexibility index (Phi) is 4.67. The third-order valence-corrected chi connectivity index (χ3v) is 4.25. The summed E-state index contributed by atoms with van der Waals surface area (Å²) in [7, 11) is 0. The molecule has 0 heterocycles. The van der Waals surface area contributed by atoms with Crippen molar-refractivity contribution in [3.05, 3.63) is 64.7 Å². The smallest absolute Gasteiger partial charge is 0.0277 e. The van der Waals surface area contributed by atoms with Gasteiger partial charge in [-0.05, 0) is 38.0 Å². The molecule has 0 aromatic heterocycles. The van der Waals surface area contributed by atoms with Crippen molar-refractivity contribution in [1.82, 2.24) is 0 Å². The molecule has 1 nitrogen and oxygen atoms in total. The molecular formula is C17H21NS. The van der Waals surface area contributed by atoms with Crippen LogP contribution in [0.3, 0.4) is 0 Å². The fraction of sp³-hybridized carbons (Fsp3) is 0.294. The minimum Gasteiger partial charge on any atom is -0.324 e. The standard InChI is InChI=1S/C17H21NS/c1-12-8-13(2)10-15(9-12)11-19-17-7-5-4-6-16(17)14(3)18/h4-10,14H,11,18H2,1-3H3. The van der Waals surface area contributed by atoms with Crippen LogP contribution in [0.25, 0.3) is 0 Å². The second kappa shape index (κ2) is 6.27. The van der Waals surface area contributed by atoms with E-state index in [1.807, 2.05) is 18.7 Å². The third-order valence-electron chi connectivity index (χ3n) is 3.09. The summed E-state index contributed by atoms with van der Waals surface area (Å²) >= 11 is 1.87. The third kappa shape index (κ3) is 3.85. The highest BCUT2D eigenvalue weighted by Crippen LogP contribution is 2.29. The van der Waals surface area contributed by atoms with Crippen molar-refractivity contribution in [3.8, 4) is 0 Å². The van der Waals surface area contributed by atoms with Crippen LogP contribution in [0.15, 0.2) is 47.4 Å². The van der Waals surface area contributed by atoms with Crippen LogP contribution in [-0.4, -0.2) is 0 Å². The Bertz CT molecular complexity index is 541. The van der Waals surface area contributed by atoms with Gasteiger partial charge in [0.05, 0.1) is 0 Å². The Morgan fingerprint density at radius 3 is 2.32 bits per heavy atom. The maximum absolute atomic E-state index is 6.02. The summed E-state index contributed by atoms with van der Waals surface area (Å²) in [6.07, 6.45) is 0. The molecule has 0 bridgehead atoms. The summed E-state index contributed by atoms with van der Waals surface area (Å²) in [6.45, 7) is 6.34. The van der Waals surface area contributed by atoms with Crippen LogP contribution in [0.5, 0.6) is 0 Å². The number of aryl methyl sites for hydroxylation is 2. The Morgan fingerprint density at radius 1 is 1.05 bits per heavy atom. The fourth-order valence-corrected chi connectivity index (χ4v) is 3.39. The molecule has 1 atom stereocenters. The van der Waals surface area contributed by atoms with Crippen LogP contribution in [0.1, 0.15) is 35.2 Å². The van der Waals surface area contributed by atoms with E-state index in [1.54, 1.807) is 0 Å². The van der Waals surface area contributed by atoms with Crippen LogP contribution < -0.4 is 5.73 Å².